The van der Waals surface area contributed by atoms with Gasteiger partial charge in [0.2, 0.25) is 5.75 Å². The van der Waals surface area contributed by atoms with Crippen LogP contribution in [0.25, 0.3) is 0 Å². The van der Waals surface area contributed by atoms with E-state index in [1.165, 1.54) is 20.6 Å². The lowest BCUT2D eigenvalue weighted by Crippen LogP contribution is -2.28. The van der Waals surface area contributed by atoms with Gasteiger partial charge in [0.05, 0.1) is 20.3 Å². The molecule has 1 aliphatic rings. The van der Waals surface area contributed by atoms with Crippen LogP contribution in [0, 0.1) is 5.92 Å². The maximum absolute atomic E-state index is 9.87. The third kappa shape index (κ3) is 4.25. The van der Waals surface area contributed by atoms with Crippen molar-refractivity contribution in [3.63, 3.8) is 0 Å². The molecular formula is C16H25NO4. The average Bonchev–Trinajstić information content (AvgIpc) is 2.48. The van der Waals surface area contributed by atoms with Crippen LogP contribution in [-0.2, 0) is 6.54 Å². The van der Waals surface area contributed by atoms with Crippen molar-refractivity contribution in [1.82, 2.24) is 5.32 Å². The molecule has 1 aliphatic carbocycles. The SMILES string of the molecule is COc1cc(CNCC2CCCC(O)C2)cc(OC)c1O. The molecule has 5 heteroatoms. The molecule has 5 nitrogen and oxygen atoms in total. The van der Waals surface area contributed by atoms with E-state index in [-0.39, 0.29) is 11.9 Å². The van der Waals surface area contributed by atoms with E-state index in [0.717, 1.165) is 31.4 Å². The Morgan fingerprint density at radius 1 is 1.19 bits per heavy atom. The minimum absolute atomic E-state index is 0.0270. The molecule has 0 amide bonds. The molecule has 118 valence electrons. The first-order valence-corrected chi connectivity index (χ1v) is 7.46. The fourth-order valence-electron chi connectivity index (χ4n) is 2.92. The van der Waals surface area contributed by atoms with Crippen molar-refractivity contribution >= 4 is 0 Å². The predicted octanol–water partition coefficient (Wildman–Crippen LogP) is 2.05. The maximum Gasteiger partial charge on any atom is 0.200 e. The Morgan fingerprint density at radius 3 is 2.43 bits per heavy atom. The van der Waals surface area contributed by atoms with E-state index in [2.05, 4.69) is 5.32 Å². The Hall–Kier alpha value is -1.46. The van der Waals surface area contributed by atoms with E-state index in [1.54, 1.807) is 12.1 Å². The minimum atomic E-state index is -0.139. The summed E-state index contributed by atoms with van der Waals surface area (Å²) < 4.78 is 10.3. The van der Waals surface area contributed by atoms with Crippen LogP contribution in [0.1, 0.15) is 31.2 Å². The molecule has 2 unspecified atom stereocenters. The zero-order chi connectivity index (χ0) is 15.2. The van der Waals surface area contributed by atoms with Crippen molar-refractivity contribution in [2.24, 2.45) is 5.92 Å². The second kappa shape index (κ2) is 7.52. The molecule has 2 atom stereocenters. The molecule has 0 aliphatic heterocycles. The standard InChI is InChI=1S/C16H25NO4/c1-20-14-7-12(8-15(21-2)16(14)19)10-17-9-11-4-3-5-13(18)6-11/h7-8,11,13,17-19H,3-6,9-10H2,1-2H3. The average molecular weight is 295 g/mol. The summed E-state index contributed by atoms with van der Waals surface area (Å²) in [6.07, 6.45) is 3.96. The van der Waals surface area contributed by atoms with E-state index >= 15 is 0 Å². The van der Waals surface area contributed by atoms with Gasteiger partial charge in [0.25, 0.3) is 0 Å². The minimum Gasteiger partial charge on any atom is -0.502 e. The van der Waals surface area contributed by atoms with Crippen molar-refractivity contribution < 1.29 is 19.7 Å². The summed E-state index contributed by atoms with van der Waals surface area (Å²) in [5, 5.41) is 23.0. The number of aliphatic hydroxyl groups is 1. The molecule has 0 aromatic heterocycles. The summed E-state index contributed by atoms with van der Waals surface area (Å²) in [6, 6.07) is 3.61. The highest BCUT2D eigenvalue weighted by Gasteiger charge is 2.19. The highest BCUT2D eigenvalue weighted by atomic mass is 16.5. The normalized spacial score (nSPS) is 22.0. The van der Waals surface area contributed by atoms with Crippen LogP contribution in [0.2, 0.25) is 0 Å². The van der Waals surface area contributed by atoms with Crippen LogP contribution in [0.15, 0.2) is 12.1 Å². The largest absolute Gasteiger partial charge is 0.502 e. The van der Waals surface area contributed by atoms with Crippen molar-refractivity contribution in [1.29, 1.82) is 0 Å². The van der Waals surface area contributed by atoms with Crippen molar-refractivity contribution in [3.05, 3.63) is 17.7 Å². The van der Waals surface area contributed by atoms with Crippen LogP contribution < -0.4 is 14.8 Å². The van der Waals surface area contributed by atoms with Crippen molar-refractivity contribution in [3.8, 4) is 17.2 Å². The van der Waals surface area contributed by atoms with E-state index in [1.807, 2.05) is 0 Å². The molecule has 21 heavy (non-hydrogen) atoms. The summed E-state index contributed by atoms with van der Waals surface area (Å²) in [7, 11) is 3.05. The molecule has 0 radical (unpaired) electrons. The molecule has 1 aromatic carbocycles. The molecule has 1 fully saturated rings. The van der Waals surface area contributed by atoms with Gasteiger partial charge in [-0.1, -0.05) is 6.42 Å². The van der Waals surface area contributed by atoms with Gasteiger partial charge in [0.1, 0.15) is 0 Å². The van der Waals surface area contributed by atoms with Crippen LogP contribution >= 0.6 is 0 Å². The third-order valence-corrected chi connectivity index (χ3v) is 4.06. The Bertz CT molecular complexity index is 439. The van der Waals surface area contributed by atoms with E-state index in [4.69, 9.17) is 9.47 Å². The first-order chi connectivity index (χ1) is 10.1. The number of aromatic hydroxyl groups is 1. The molecule has 0 saturated heterocycles. The number of hydrogen-bond acceptors (Lipinski definition) is 5. The summed E-state index contributed by atoms with van der Waals surface area (Å²) in [5.41, 5.74) is 0.998. The second-order valence-corrected chi connectivity index (χ2v) is 5.67. The smallest absolute Gasteiger partial charge is 0.200 e. The highest BCUT2D eigenvalue weighted by molar-refractivity contribution is 5.52. The fourth-order valence-corrected chi connectivity index (χ4v) is 2.92. The number of nitrogens with one attached hydrogen (secondary N) is 1. The third-order valence-electron chi connectivity index (χ3n) is 4.06. The quantitative estimate of drug-likeness (QED) is 0.749. The fraction of sp³-hybridized carbons (Fsp3) is 0.625. The van der Waals surface area contributed by atoms with Gasteiger partial charge in [-0.2, -0.15) is 0 Å². The Labute approximate surface area is 125 Å². The van der Waals surface area contributed by atoms with E-state index in [9.17, 15) is 10.2 Å². The van der Waals surface area contributed by atoms with E-state index in [0.29, 0.717) is 24.0 Å². The molecule has 1 saturated carbocycles. The highest BCUT2D eigenvalue weighted by Crippen LogP contribution is 2.37. The lowest BCUT2D eigenvalue weighted by atomic mass is 9.87. The molecule has 0 spiro atoms. The van der Waals surface area contributed by atoms with Gasteiger partial charge < -0.3 is 25.0 Å². The van der Waals surface area contributed by atoms with E-state index < -0.39 is 0 Å². The topological polar surface area (TPSA) is 71.0 Å². The Kier molecular flexibility index (Phi) is 5.70. The van der Waals surface area contributed by atoms with Gasteiger partial charge in [-0.25, -0.2) is 0 Å². The number of rotatable bonds is 6. The monoisotopic (exact) mass is 295 g/mol. The van der Waals surface area contributed by atoms with Gasteiger partial charge in [-0.15, -0.1) is 0 Å². The molecule has 0 heterocycles. The van der Waals surface area contributed by atoms with Gasteiger partial charge in [-0.05, 0) is 49.4 Å². The number of phenols is 1. The number of hydrogen-bond donors (Lipinski definition) is 3. The van der Waals surface area contributed by atoms with Gasteiger partial charge in [0, 0.05) is 6.54 Å². The molecule has 3 N–H and O–H groups in total. The predicted molar refractivity (Wildman–Crippen MR) is 80.9 cm³/mol. The van der Waals surface area contributed by atoms with Crippen molar-refractivity contribution in [2.75, 3.05) is 20.8 Å². The number of aliphatic hydroxyl groups excluding tert-OH is 1. The zero-order valence-electron chi connectivity index (χ0n) is 12.8. The van der Waals surface area contributed by atoms with Crippen molar-refractivity contribution in [2.45, 2.75) is 38.3 Å². The maximum atomic E-state index is 9.87. The van der Waals surface area contributed by atoms with Crippen LogP contribution in [0.3, 0.4) is 0 Å². The van der Waals surface area contributed by atoms with Crippen LogP contribution in [-0.4, -0.2) is 37.1 Å². The molecular weight excluding hydrogens is 270 g/mol. The van der Waals surface area contributed by atoms with Crippen LogP contribution in [0.4, 0.5) is 0 Å². The number of benzene rings is 1. The van der Waals surface area contributed by atoms with Gasteiger partial charge in [0.15, 0.2) is 11.5 Å². The first-order valence-electron chi connectivity index (χ1n) is 7.46. The van der Waals surface area contributed by atoms with Gasteiger partial charge >= 0.3 is 0 Å². The first kappa shape index (κ1) is 15.9. The molecule has 0 bridgehead atoms. The Morgan fingerprint density at radius 2 is 1.86 bits per heavy atom. The number of phenolic OH excluding ortho intramolecular Hbond substituents is 1. The summed E-state index contributed by atoms with van der Waals surface area (Å²) in [4.78, 5) is 0. The van der Waals surface area contributed by atoms with Gasteiger partial charge in [-0.3, -0.25) is 0 Å². The Balaban J connectivity index is 1.90. The molecule has 1 aromatic rings. The lowest BCUT2D eigenvalue weighted by Gasteiger charge is -2.26. The summed E-state index contributed by atoms with van der Waals surface area (Å²) in [5.74, 6) is 1.40. The van der Waals surface area contributed by atoms with Crippen LogP contribution in [0.5, 0.6) is 17.2 Å². The molecule has 2 rings (SSSR count). The summed E-state index contributed by atoms with van der Waals surface area (Å²) >= 11 is 0. The zero-order valence-corrected chi connectivity index (χ0v) is 12.8. The number of ether oxygens (including phenoxy) is 2. The summed E-state index contributed by atoms with van der Waals surface area (Å²) in [6.45, 7) is 1.57. The second-order valence-electron chi connectivity index (χ2n) is 5.67. The lowest BCUT2D eigenvalue weighted by molar-refractivity contribution is 0.101. The number of methoxy groups -OCH3 is 2.